The second-order valence-electron chi connectivity index (χ2n) is 5.23. The van der Waals surface area contributed by atoms with Crippen LogP contribution in [0.5, 0.6) is 0 Å². The lowest BCUT2D eigenvalue weighted by Gasteiger charge is -2.15. The molecule has 1 saturated heterocycles. The Morgan fingerprint density at radius 1 is 1.26 bits per heavy atom. The molecule has 100 valence electrons. The van der Waals surface area contributed by atoms with Gasteiger partial charge in [0.1, 0.15) is 11.3 Å². The number of aromatic nitrogens is 3. The van der Waals surface area contributed by atoms with Crippen LogP contribution < -0.4 is 0 Å². The Morgan fingerprint density at radius 2 is 2.00 bits per heavy atom. The van der Waals surface area contributed by atoms with Crippen molar-refractivity contribution in [2.24, 2.45) is 0 Å². The van der Waals surface area contributed by atoms with Gasteiger partial charge < -0.3 is 9.84 Å². The Balaban J connectivity index is 1.96. The molecule has 1 aliphatic heterocycles. The predicted octanol–water partition coefficient (Wildman–Crippen LogP) is 1.49. The standard InChI is InChI=1S/C14H17N3O2/c1-10-5-11(2)7-12(6-10)17-8-13(15-16-17)14(18)3-4-19-9-14/h5-8,18H,3-4,9H2,1-2H3. The van der Waals surface area contributed by atoms with E-state index in [0.29, 0.717) is 25.3 Å². The molecule has 0 radical (unpaired) electrons. The van der Waals surface area contributed by atoms with Crippen LogP contribution in [-0.4, -0.2) is 33.3 Å². The van der Waals surface area contributed by atoms with Gasteiger partial charge in [-0.2, -0.15) is 0 Å². The smallest absolute Gasteiger partial charge is 0.135 e. The molecule has 0 saturated carbocycles. The van der Waals surface area contributed by atoms with Crippen molar-refractivity contribution in [1.29, 1.82) is 0 Å². The Kier molecular flexibility index (Phi) is 2.88. The van der Waals surface area contributed by atoms with Crippen molar-refractivity contribution in [3.63, 3.8) is 0 Å². The average Bonchev–Trinajstić information content (AvgIpc) is 2.96. The van der Waals surface area contributed by atoms with Crippen molar-refractivity contribution < 1.29 is 9.84 Å². The van der Waals surface area contributed by atoms with Crippen LogP contribution in [0.4, 0.5) is 0 Å². The van der Waals surface area contributed by atoms with E-state index in [-0.39, 0.29) is 0 Å². The Morgan fingerprint density at radius 3 is 2.63 bits per heavy atom. The Bertz CT molecular complexity index is 580. The molecule has 1 atom stereocenters. The summed E-state index contributed by atoms with van der Waals surface area (Å²) in [5, 5.41) is 18.6. The first-order valence-electron chi connectivity index (χ1n) is 6.38. The molecular formula is C14H17N3O2. The molecule has 3 rings (SSSR count). The van der Waals surface area contributed by atoms with E-state index in [0.717, 1.165) is 5.69 Å². The van der Waals surface area contributed by atoms with Gasteiger partial charge in [0.05, 0.1) is 18.5 Å². The number of benzene rings is 1. The molecule has 2 aromatic rings. The van der Waals surface area contributed by atoms with E-state index in [4.69, 9.17) is 4.74 Å². The molecule has 5 heteroatoms. The maximum absolute atomic E-state index is 10.4. The lowest BCUT2D eigenvalue weighted by molar-refractivity contribution is 0.0193. The minimum absolute atomic E-state index is 0.290. The number of ether oxygens (including phenoxy) is 1. The molecule has 2 heterocycles. The minimum Gasteiger partial charge on any atom is -0.381 e. The summed E-state index contributed by atoms with van der Waals surface area (Å²) in [7, 11) is 0. The molecule has 0 bridgehead atoms. The summed E-state index contributed by atoms with van der Waals surface area (Å²) in [6.45, 7) is 4.95. The summed E-state index contributed by atoms with van der Waals surface area (Å²) in [5.41, 5.74) is 2.89. The number of nitrogens with zero attached hydrogens (tertiary/aromatic N) is 3. The fourth-order valence-corrected chi connectivity index (χ4v) is 2.44. The molecule has 1 aromatic heterocycles. The first kappa shape index (κ1) is 12.3. The Labute approximate surface area is 111 Å². The fourth-order valence-electron chi connectivity index (χ4n) is 2.44. The molecule has 5 nitrogen and oxygen atoms in total. The number of rotatable bonds is 2. The van der Waals surface area contributed by atoms with Gasteiger partial charge in [-0.15, -0.1) is 5.10 Å². The summed E-state index contributed by atoms with van der Waals surface area (Å²) in [4.78, 5) is 0. The van der Waals surface area contributed by atoms with Gasteiger partial charge in [-0.05, 0) is 37.1 Å². The molecule has 1 unspecified atom stereocenters. The first-order valence-corrected chi connectivity index (χ1v) is 6.38. The lowest BCUT2D eigenvalue weighted by Crippen LogP contribution is -2.26. The zero-order valence-corrected chi connectivity index (χ0v) is 11.1. The van der Waals surface area contributed by atoms with Crippen LogP contribution in [0.2, 0.25) is 0 Å². The van der Waals surface area contributed by atoms with Crippen LogP contribution in [0.1, 0.15) is 23.2 Å². The zero-order valence-electron chi connectivity index (χ0n) is 11.1. The van der Waals surface area contributed by atoms with Gasteiger partial charge in [0.25, 0.3) is 0 Å². The first-order chi connectivity index (χ1) is 9.07. The summed E-state index contributed by atoms with van der Waals surface area (Å²) in [5.74, 6) is 0. The van der Waals surface area contributed by atoms with Crippen LogP contribution in [0.25, 0.3) is 5.69 Å². The number of aliphatic hydroxyl groups is 1. The van der Waals surface area contributed by atoms with Gasteiger partial charge in [0.15, 0.2) is 0 Å². The predicted molar refractivity (Wildman–Crippen MR) is 70.2 cm³/mol. The Hall–Kier alpha value is -1.72. The third-order valence-corrected chi connectivity index (χ3v) is 3.44. The van der Waals surface area contributed by atoms with Gasteiger partial charge in [-0.3, -0.25) is 0 Å². The summed E-state index contributed by atoms with van der Waals surface area (Å²) < 4.78 is 6.94. The van der Waals surface area contributed by atoms with E-state index in [9.17, 15) is 5.11 Å². The van der Waals surface area contributed by atoms with E-state index in [2.05, 4.69) is 16.4 Å². The SMILES string of the molecule is Cc1cc(C)cc(-n2cc(C3(O)CCOC3)nn2)c1. The summed E-state index contributed by atoms with van der Waals surface area (Å²) in [6.07, 6.45) is 2.35. The molecule has 1 aliphatic rings. The molecule has 19 heavy (non-hydrogen) atoms. The molecular weight excluding hydrogens is 242 g/mol. The highest BCUT2D eigenvalue weighted by atomic mass is 16.5. The van der Waals surface area contributed by atoms with E-state index >= 15 is 0 Å². The van der Waals surface area contributed by atoms with Gasteiger partial charge in [0, 0.05) is 13.0 Å². The second-order valence-corrected chi connectivity index (χ2v) is 5.23. The van der Waals surface area contributed by atoms with Gasteiger partial charge in [0.2, 0.25) is 0 Å². The molecule has 1 fully saturated rings. The number of hydrogen-bond acceptors (Lipinski definition) is 4. The van der Waals surface area contributed by atoms with Crippen molar-refractivity contribution >= 4 is 0 Å². The highest BCUT2D eigenvalue weighted by Gasteiger charge is 2.37. The normalized spacial score (nSPS) is 22.9. The van der Waals surface area contributed by atoms with E-state index in [1.54, 1.807) is 10.9 Å². The monoisotopic (exact) mass is 259 g/mol. The van der Waals surface area contributed by atoms with Gasteiger partial charge >= 0.3 is 0 Å². The largest absolute Gasteiger partial charge is 0.381 e. The van der Waals surface area contributed by atoms with Crippen molar-refractivity contribution in [1.82, 2.24) is 15.0 Å². The van der Waals surface area contributed by atoms with Crippen LogP contribution >= 0.6 is 0 Å². The third-order valence-electron chi connectivity index (χ3n) is 3.44. The van der Waals surface area contributed by atoms with Crippen molar-refractivity contribution in [3.05, 3.63) is 41.2 Å². The summed E-state index contributed by atoms with van der Waals surface area (Å²) in [6, 6.07) is 6.20. The van der Waals surface area contributed by atoms with Crippen LogP contribution in [-0.2, 0) is 10.3 Å². The van der Waals surface area contributed by atoms with Crippen molar-refractivity contribution in [2.45, 2.75) is 25.9 Å². The van der Waals surface area contributed by atoms with Gasteiger partial charge in [-0.1, -0.05) is 11.3 Å². The van der Waals surface area contributed by atoms with Crippen LogP contribution in [0.15, 0.2) is 24.4 Å². The summed E-state index contributed by atoms with van der Waals surface area (Å²) >= 11 is 0. The highest BCUT2D eigenvalue weighted by molar-refractivity contribution is 5.38. The zero-order chi connectivity index (χ0) is 13.5. The molecule has 0 amide bonds. The average molecular weight is 259 g/mol. The highest BCUT2D eigenvalue weighted by Crippen LogP contribution is 2.28. The number of aryl methyl sites for hydroxylation is 2. The maximum Gasteiger partial charge on any atom is 0.135 e. The topological polar surface area (TPSA) is 60.2 Å². The number of hydrogen-bond donors (Lipinski definition) is 1. The van der Waals surface area contributed by atoms with Crippen LogP contribution in [0.3, 0.4) is 0 Å². The quantitative estimate of drug-likeness (QED) is 0.887. The third kappa shape index (κ3) is 2.27. The van der Waals surface area contributed by atoms with E-state index < -0.39 is 5.60 Å². The van der Waals surface area contributed by atoms with Crippen molar-refractivity contribution in [2.75, 3.05) is 13.2 Å². The van der Waals surface area contributed by atoms with Gasteiger partial charge in [-0.25, -0.2) is 4.68 Å². The van der Waals surface area contributed by atoms with E-state index in [1.165, 1.54) is 11.1 Å². The van der Waals surface area contributed by atoms with E-state index in [1.807, 2.05) is 26.0 Å². The van der Waals surface area contributed by atoms with Crippen molar-refractivity contribution in [3.8, 4) is 5.69 Å². The molecule has 0 aliphatic carbocycles. The molecule has 1 N–H and O–H groups in total. The molecule has 1 aromatic carbocycles. The molecule has 0 spiro atoms. The lowest BCUT2D eigenvalue weighted by atomic mass is 10.0. The maximum atomic E-state index is 10.4. The van der Waals surface area contributed by atoms with Crippen LogP contribution in [0, 0.1) is 13.8 Å². The fraction of sp³-hybridized carbons (Fsp3) is 0.429. The second kappa shape index (κ2) is 4.43. The minimum atomic E-state index is -0.989.